The van der Waals surface area contributed by atoms with Gasteiger partial charge in [0.25, 0.3) is 0 Å². The van der Waals surface area contributed by atoms with Crippen molar-refractivity contribution < 1.29 is 28.6 Å². The first-order valence-corrected chi connectivity index (χ1v) is 13.0. The van der Waals surface area contributed by atoms with Crippen molar-refractivity contribution >= 4 is 29.5 Å². The van der Waals surface area contributed by atoms with E-state index in [1.54, 1.807) is 9.80 Å². The Hall–Kier alpha value is -2.81. The average Bonchev–Trinajstić information content (AvgIpc) is 3.21. The lowest BCUT2D eigenvalue weighted by Crippen LogP contribution is -2.43. The number of nitriles is 1. The van der Waals surface area contributed by atoms with Crippen molar-refractivity contribution in [1.29, 1.82) is 5.26 Å². The van der Waals surface area contributed by atoms with Crippen LogP contribution in [0.3, 0.4) is 0 Å². The van der Waals surface area contributed by atoms with E-state index in [9.17, 15) is 19.6 Å². The molecule has 36 heavy (non-hydrogen) atoms. The van der Waals surface area contributed by atoms with Gasteiger partial charge in [0.2, 0.25) is 11.8 Å². The first-order valence-electron chi connectivity index (χ1n) is 12.1. The Labute approximate surface area is 216 Å². The van der Waals surface area contributed by atoms with E-state index >= 15 is 0 Å². The van der Waals surface area contributed by atoms with Crippen molar-refractivity contribution in [2.24, 2.45) is 5.92 Å². The normalized spacial score (nSPS) is 24.9. The number of morpholine rings is 1. The first-order chi connectivity index (χ1) is 17.4. The highest BCUT2D eigenvalue weighted by Crippen LogP contribution is 2.36. The summed E-state index contributed by atoms with van der Waals surface area (Å²) in [5.74, 6) is -1.90. The highest BCUT2D eigenvalue weighted by molar-refractivity contribution is 8.01. The molecule has 4 atom stereocenters. The average molecular weight is 519 g/mol. The fourth-order valence-electron chi connectivity index (χ4n) is 4.19. The predicted molar refractivity (Wildman–Crippen MR) is 134 cm³/mol. The molecule has 2 heterocycles. The molecule has 1 N–H and O–H groups in total. The Morgan fingerprint density at radius 3 is 2.81 bits per heavy atom. The summed E-state index contributed by atoms with van der Waals surface area (Å²) in [5, 5.41) is 11.9. The summed E-state index contributed by atoms with van der Waals surface area (Å²) in [6, 6.07) is 2.00. The molecule has 0 aromatic carbocycles. The van der Waals surface area contributed by atoms with Crippen LogP contribution >= 0.6 is 11.8 Å². The number of hydrogen-bond donors (Lipinski definition) is 1. The highest BCUT2D eigenvalue weighted by atomic mass is 32.2. The number of nitrogens with one attached hydrogen (secondary N) is 1. The van der Waals surface area contributed by atoms with E-state index in [-0.39, 0.29) is 31.1 Å². The van der Waals surface area contributed by atoms with Crippen molar-refractivity contribution in [2.75, 3.05) is 52.6 Å². The summed E-state index contributed by atoms with van der Waals surface area (Å²) in [4.78, 5) is 41.1. The van der Waals surface area contributed by atoms with Crippen molar-refractivity contribution in [3.63, 3.8) is 0 Å². The van der Waals surface area contributed by atoms with E-state index in [0.29, 0.717) is 45.8 Å². The van der Waals surface area contributed by atoms with E-state index in [4.69, 9.17) is 14.2 Å². The maximum Gasteiger partial charge on any atom is 0.326 e. The molecule has 3 rings (SSSR count). The second-order valence-electron chi connectivity index (χ2n) is 8.65. The fourth-order valence-corrected chi connectivity index (χ4v) is 5.69. The standard InChI is InChI=1S/C25H34N4O6S/c1-4-10-34-25(32)19(14-26)24-29(5-2)23(31)21(36-24)15-27-18-7-6-17(3)20(13-18)35-16-22(30)28-8-11-33-12-9-28/h4,6-7,19-21,24,27H,1,5,8-13,15-16H2,2-3H3/t19?,20?,21-,24+/m1/s1. The molecule has 0 aromatic rings. The van der Waals surface area contributed by atoms with E-state index in [1.165, 1.54) is 17.8 Å². The van der Waals surface area contributed by atoms with E-state index in [1.807, 2.05) is 32.1 Å². The van der Waals surface area contributed by atoms with Gasteiger partial charge in [0.15, 0.2) is 5.92 Å². The zero-order chi connectivity index (χ0) is 26.1. The van der Waals surface area contributed by atoms with Gasteiger partial charge in [-0.1, -0.05) is 18.7 Å². The zero-order valence-corrected chi connectivity index (χ0v) is 21.6. The minimum Gasteiger partial charge on any atom is -0.460 e. The maximum atomic E-state index is 13.0. The molecule has 11 heteroatoms. The third kappa shape index (κ3) is 6.90. The van der Waals surface area contributed by atoms with Crippen LogP contribution in [-0.2, 0) is 28.6 Å². The first kappa shape index (κ1) is 27.8. The highest BCUT2D eigenvalue weighted by Gasteiger charge is 2.46. The molecule has 3 aliphatic rings. The van der Waals surface area contributed by atoms with Crippen molar-refractivity contribution in [1.82, 2.24) is 15.1 Å². The van der Waals surface area contributed by atoms with Crippen molar-refractivity contribution in [3.8, 4) is 6.07 Å². The molecule has 2 amide bonds. The van der Waals surface area contributed by atoms with Crippen LogP contribution in [0.25, 0.3) is 0 Å². The van der Waals surface area contributed by atoms with Crippen LogP contribution in [0.4, 0.5) is 0 Å². The smallest absolute Gasteiger partial charge is 0.326 e. The molecule has 2 saturated heterocycles. The monoisotopic (exact) mass is 518 g/mol. The molecule has 1 aliphatic carbocycles. The second kappa shape index (κ2) is 13.5. The predicted octanol–water partition coefficient (Wildman–Crippen LogP) is 1.21. The Bertz CT molecular complexity index is 939. The molecule has 0 bridgehead atoms. The lowest BCUT2D eigenvalue weighted by atomic mass is 10.0. The largest absolute Gasteiger partial charge is 0.460 e. The van der Waals surface area contributed by atoms with Gasteiger partial charge in [-0.3, -0.25) is 14.4 Å². The quantitative estimate of drug-likeness (QED) is 0.318. The van der Waals surface area contributed by atoms with E-state index < -0.39 is 22.5 Å². The molecule has 196 valence electrons. The number of allylic oxidation sites excluding steroid dienone is 2. The third-order valence-electron chi connectivity index (χ3n) is 6.28. The van der Waals surface area contributed by atoms with Gasteiger partial charge in [0.1, 0.15) is 23.8 Å². The second-order valence-corrected chi connectivity index (χ2v) is 9.97. The van der Waals surface area contributed by atoms with Crippen LogP contribution < -0.4 is 5.32 Å². The van der Waals surface area contributed by atoms with Gasteiger partial charge in [-0.15, -0.1) is 11.8 Å². The Balaban J connectivity index is 1.53. The van der Waals surface area contributed by atoms with Crippen LogP contribution in [0, 0.1) is 17.2 Å². The van der Waals surface area contributed by atoms with Gasteiger partial charge in [-0.25, -0.2) is 0 Å². The molecular formula is C25H34N4O6S. The molecule has 10 nitrogen and oxygen atoms in total. The van der Waals surface area contributed by atoms with Crippen LogP contribution in [0.15, 0.2) is 36.1 Å². The van der Waals surface area contributed by atoms with E-state index in [0.717, 1.165) is 11.3 Å². The van der Waals surface area contributed by atoms with Gasteiger partial charge in [-0.2, -0.15) is 5.26 Å². The van der Waals surface area contributed by atoms with Crippen molar-refractivity contribution in [2.45, 2.75) is 37.0 Å². The van der Waals surface area contributed by atoms with Crippen LogP contribution in [-0.4, -0.2) is 96.9 Å². The topological polar surface area (TPSA) is 121 Å². The summed E-state index contributed by atoms with van der Waals surface area (Å²) in [6.07, 6.45) is 5.65. The number of carbonyl (C=O) groups excluding carboxylic acids is 3. The van der Waals surface area contributed by atoms with Crippen LogP contribution in [0.2, 0.25) is 0 Å². The number of ether oxygens (including phenoxy) is 3. The summed E-state index contributed by atoms with van der Waals surface area (Å²) in [5.41, 5.74) is 1.92. The molecule has 2 aliphatic heterocycles. The number of esters is 1. The summed E-state index contributed by atoms with van der Waals surface area (Å²) < 4.78 is 16.3. The van der Waals surface area contributed by atoms with Gasteiger partial charge in [-0.05, 0) is 25.5 Å². The number of rotatable bonds is 11. The van der Waals surface area contributed by atoms with Crippen LogP contribution in [0.1, 0.15) is 20.3 Å². The molecule has 0 radical (unpaired) electrons. The van der Waals surface area contributed by atoms with E-state index in [2.05, 4.69) is 11.9 Å². The Kier molecular flexibility index (Phi) is 10.4. The van der Waals surface area contributed by atoms with Gasteiger partial charge < -0.3 is 29.3 Å². The third-order valence-corrected chi connectivity index (χ3v) is 7.78. The molecule has 0 aromatic heterocycles. The lowest BCUT2D eigenvalue weighted by molar-refractivity contribution is -0.147. The molecule has 0 spiro atoms. The number of carbonyl (C=O) groups is 3. The maximum absolute atomic E-state index is 13.0. The Morgan fingerprint density at radius 2 is 2.14 bits per heavy atom. The number of amides is 2. The molecule has 2 unspecified atom stereocenters. The van der Waals surface area contributed by atoms with Gasteiger partial charge >= 0.3 is 5.97 Å². The SMILES string of the molecule is C=CCOC(=O)C(C#N)[C@@H]1S[C@H](CNC2=CC=C(C)C(OCC(=O)N3CCOCC3)C2)C(=O)N1CC. The Morgan fingerprint density at radius 1 is 1.39 bits per heavy atom. The van der Waals surface area contributed by atoms with Crippen molar-refractivity contribution in [3.05, 3.63) is 36.1 Å². The lowest BCUT2D eigenvalue weighted by Gasteiger charge is -2.29. The minimum atomic E-state index is -1.08. The van der Waals surface area contributed by atoms with Gasteiger partial charge in [0, 0.05) is 38.3 Å². The van der Waals surface area contributed by atoms with Gasteiger partial charge in [0.05, 0.1) is 25.4 Å². The summed E-state index contributed by atoms with van der Waals surface area (Å²) in [7, 11) is 0. The summed E-state index contributed by atoms with van der Waals surface area (Å²) in [6.45, 7) is 10.3. The number of hydrogen-bond acceptors (Lipinski definition) is 9. The fraction of sp³-hybridized carbons (Fsp3) is 0.600. The number of nitrogens with zero attached hydrogens (tertiary/aromatic N) is 3. The summed E-state index contributed by atoms with van der Waals surface area (Å²) >= 11 is 1.30. The number of thioether (sulfide) groups is 1. The molecule has 2 fully saturated rings. The minimum absolute atomic E-state index is 0.00469. The molecular weight excluding hydrogens is 484 g/mol. The zero-order valence-electron chi connectivity index (χ0n) is 20.8. The van der Waals surface area contributed by atoms with Crippen LogP contribution in [0.5, 0.6) is 0 Å². The molecule has 0 saturated carbocycles.